The van der Waals surface area contributed by atoms with Crippen molar-refractivity contribution >= 4 is 10.9 Å². The van der Waals surface area contributed by atoms with Gasteiger partial charge in [0.05, 0.1) is 6.04 Å². The lowest BCUT2D eigenvalue weighted by Crippen LogP contribution is -2.22. The second-order valence-electron chi connectivity index (χ2n) is 9.63. The number of fused-ring (bicyclic) bond motifs is 1. The maximum Gasteiger partial charge on any atom is 0.244 e. The summed E-state index contributed by atoms with van der Waals surface area (Å²) < 4.78 is 14.0. The highest BCUT2D eigenvalue weighted by Crippen LogP contribution is 2.34. The van der Waals surface area contributed by atoms with Gasteiger partial charge in [-0.25, -0.2) is 4.98 Å². The number of pyridine rings is 1. The molecular formula is C27H31N5O2. The average molecular weight is 458 g/mol. The van der Waals surface area contributed by atoms with Crippen LogP contribution < -0.4 is 4.74 Å². The van der Waals surface area contributed by atoms with Gasteiger partial charge in [0.2, 0.25) is 17.6 Å². The summed E-state index contributed by atoms with van der Waals surface area (Å²) in [5.41, 5.74) is 3.45. The van der Waals surface area contributed by atoms with Crippen LogP contribution in [0.4, 0.5) is 0 Å². The van der Waals surface area contributed by atoms with Gasteiger partial charge in [0.15, 0.2) is 0 Å². The minimum Gasteiger partial charge on any atom is -0.474 e. The Balaban J connectivity index is 1.16. The molecule has 34 heavy (non-hydrogen) atoms. The number of hydrogen-bond acceptors (Lipinski definition) is 6. The molecule has 7 heteroatoms. The van der Waals surface area contributed by atoms with E-state index in [1.54, 1.807) is 6.20 Å². The Kier molecular flexibility index (Phi) is 5.79. The lowest BCUT2D eigenvalue weighted by atomic mass is 9.98. The van der Waals surface area contributed by atoms with E-state index < -0.39 is 0 Å². The van der Waals surface area contributed by atoms with Crippen molar-refractivity contribution in [2.24, 2.45) is 7.05 Å². The molecule has 1 saturated heterocycles. The molecule has 0 spiro atoms. The topological polar surface area (TPSA) is 69.2 Å². The summed E-state index contributed by atoms with van der Waals surface area (Å²) in [5.74, 6) is 1.95. The van der Waals surface area contributed by atoms with Gasteiger partial charge < -0.3 is 13.8 Å². The van der Waals surface area contributed by atoms with Crippen LogP contribution in [0.5, 0.6) is 5.88 Å². The maximum atomic E-state index is 6.05. The molecule has 0 unspecified atom stereocenters. The third-order valence-corrected chi connectivity index (χ3v) is 7.28. The minimum atomic E-state index is 0.141. The van der Waals surface area contributed by atoms with Crippen molar-refractivity contribution in [2.75, 3.05) is 6.54 Å². The lowest BCUT2D eigenvalue weighted by Gasteiger charge is -2.22. The van der Waals surface area contributed by atoms with Crippen LogP contribution in [0, 0.1) is 0 Å². The minimum absolute atomic E-state index is 0.141. The summed E-state index contributed by atoms with van der Waals surface area (Å²) >= 11 is 0. The van der Waals surface area contributed by atoms with Crippen LogP contribution in [0.2, 0.25) is 0 Å². The van der Waals surface area contributed by atoms with Crippen LogP contribution in [0.25, 0.3) is 22.3 Å². The molecule has 4 aromatic rings. The number of hydrogen-bond donors (Lipinski definition) is 0. The third kappa shape index (κ3) is 4.20. The highest BCUT2D eigenvalue weighted by molar-refractivity contribution is 5.83. The number of benzene rings is 1. The summed E-state index contributed by atoms with van der Waals surface area (Å²) in [4.78, 5) is 11.7. The predicted octanol–water partition coefficient (Wildman–Crippen LogP) is 5.67. The Morgan fingerprint density at radius 3 is 2.76 bits per heavy atom. The molecule has 1 saturated carbocycles. The van der Waals surface area contributed by atoms with Crippen LogP contribution in [-0.2, 0) is 13.6 Å². The zero-order chi connectivity index (χ0) is 22.9. The van der Waals surface area contributed by atoms with Gasteiger partial charge in [-0.15, -0.1) is 0 Å². The number of para-hydroxylation sites is 1. The Labute approximate surface area is 199 Å². The fraction of sp³-hybridized carbons (Fsp3) is 0.444. The van der Waals surface area contributed by atoms with E-state index in [1.165, 1.54) is 35.7 Å². The standard InChI is InChI=1S/C27H31N5O2/c1-31-17-20(22-10-5-6-11-23(22)31)18-32-15-7-12-24(32)27-29-26(30-34-27)19-13-14-25(28-16-19)33-21-8-3-2-4-9-21/h5-6,10-11,13-14,16-17,21,24H,2-4,7-9,12,15,18H2,1H3/t24-/m0/s1. The van der Waals surface area contributed by atoms with Crippen molar-refractivity contribution < 1.29 is 9.26 Å². The molecule has 176 valence electrons. The first-order chi connectivity index (χ1) is 16.7. The van der Waals surface area contributed by atoms with Gasteiger partial charge in [0.1, 0.15) is 6.10 Å². The largest absolute Gasteiger partial charge is 0.474 e. The van der Waals surface area contributed by atoms with E-state index >= 15 is 0 Å². The first kappa shape index (κ1) is 21.4. The van der Waals surface area contributed by atoms with Gasteiger partial charge >= 0.3 is 0 Å². The Hall–Kier alpha value is -3.19. The molecule has 2 fully saturated rings. The fourth-order valence-electron chi connectivity index (χ4n) is 5.49. The second kappa shape index (κ2) is 9.22. The van der Waals surface area contributed by atoms with E-state index in [9.17, 15) is 0 Å². The maximum absolute atomic E-state index is 6.05. The third-order valence-electron chi connectivity index (χ3n) is 7.28. The van der Waals surface area contributed by atoms with Gasteiger partial charge in [-0.1, -0.05) is 29.8 Å². The van der Waals surface area contributed by atoms with Crippen molar-refractivity contribution in [3.63, 3.8) is 0 Å². The highest BCUT2D eigenvalue weighted by Gasteiger charge is 2.31. The second-order valence-corrected chi connectivity index (χ2v) is 9.63. The molecule has 0 radical (unpaired) electrons. The van der Waals surface area contributed by atoms with Crippen LogP contribution >= 0.6 is 0 Å². The number of likely N-dealkylation sites (tertiary alicyclic amines) is 1. The van der Waals surface area contributed by atoms with E-state index in [0.29, 0.717) is 23.7 Å². The van der Waals surface area contributed by atoms with E-state index in [0.717, 1.165) is 44.3 Å². The van der Waals surface area contributed by atoms with Crippen LogP contribution in [0.15, 0.2) is 53.3 Å². The normalized spacial score (nSPS) is 19.7. The number of aromatic nitrogens is 4. The quantitative estimate of drug-likeness (QED) is 0.371. The van der Waals surface area contributed by atoms with Crippen molar-refractivity contribution in [3.05, 3.63) is 60.2 Å². The molecule has 6 rings (SSSR count). The summed E-state index contributed by atoms with van der Waals surface area (Å²) in [6.07, 6.45) is 12.5. The van der Waals surface area contributed by atoms with Crippen LogP contribution in [-0.4, -0.2) is 37.2 Å². The summed E-state index contributed by atoms with van der Waals surface area (Å²) in [6.45, 7) is 1.90. The summed E-state index contributed by atoms with van der Waals surface area (Å²) in [7, 11) is 2.11. The van der Waals surface area contributed by atoms with E-state index in [2.05, 4.69) is 57.1 Å². The monoisotopic (exact) mass is 457 g/mol. The molecule has 1 atom stereocenters. The molecule has 1 aliphatic heterocycles. The van der Waals surface area contributed by atoms with Gasteiger partial charge in [-0.2, -0.15) is 4.98 Å². The Morgan fingerprint density at radius 2 is 1.91 bits per heavy atom. The molecule has 2 aliphatic rings. The average Bonchev–Trinajstić information content (AvgIpc) is 3.60. The number of aryl methyl sites for hydroxylation is 1. The number of ether oxygens (including phenoxy) is 1. The molecule has 3 aromatic heterocycles. The van der Waals surface area contributed by atoms with Crippen molar-refractivity contribution in [2.45, 2.75) is 63.6 Å². The summed E-state index contributed by atoms with van der Waals surface area (Å²) in [5, 5.41) is 5.58. The smallest absolute Gasteiger partial charge is 0.244 e. The molecule has 1 aromatic carbocycles. The van der Waals surface area contributed by atoms with E-state index in [4.69, 9.17) is 14.2 Å². The van der Waals surface area contributed by atoms with Gasteiger partial charge in [0, 0.05) is 48.5 Å². The van der Waals surface area contributed by atoms with Crippen molar-refractivity contribution in [3.8, 4) is 17.3 Å². The molecule has 0 amide bonds. The van der Waals surface area contributed by atoms with E-state index in [-0.39, 0.29) is 6.04 Å². The fourth-order valence-corrected chi connectivity index (χ4v) is 5.49. The van der Waals surface area contributed by atoms with Gasteiger partial charge in [-0.05, 0) is 62.8 Å². The van der Waals surface area contributed by atoms with Crippen LogP contribution in [0.3, 0.4) is 0 Å². The molecular weight excluding hydrogens is 426 g/mol. The molecule has 4 heterocycles. The summed E-state index contributed by atoms with van der Waals surface area (Å²) in [6, 6.07) is 12.6. The van der Waals surface area contributed by atoms with Gasteiger partial charge in [0.25, 0.3) is 0 Å². The van der Waals surface area contributed by atoms with Crippen molar-refractivity contribution in [1.29, 1.82) is 0 Å². The molecule has 1 aliphatic carbocycles. The predicted molar refractivity (Wildman–Crippen MR) is 130 cm³/mol. The highest BCUT2D eigenvalue weighted by atomic mass is 16.5. The van der Waals surface area contributed by atoms with E-state index in [1.807, 2.05) is 12.1 Å². The Morgan fingerprint density at radius 1 is 1.03 bits per heavy atom. The zero-order valence-electron chi connectivity index (χ0n) is 19.7. The van der Waals surface area contributed by atoms with Crippen LogP contribution in [0.1, 0.15) is 62.4 Å². The Bertz CT molecular complexity index is 1260. The number of nitrogens with zero attached hydrogens (tertiary/aromatic N) is 5. The van der Waals surface area contributed by atoms with Gasteiger partial charge in [-0.3, -0.25) is 4.90 Å². The first-order valence-electron chi connectivity index (χ1n) is 12.5. The molecule has 0 N–H and O–H groups in total. The lowest BCUT2D eigenvalue weighted by molar-refractivity contribution is 0.148. The SMILES string of the molecule is Cn1cc(CN2CCC[C@H]2c2nc(-c3ccc(OC4CCCCC4)nc3)no2)c2ccccc21. The number of rotatable bonds is 6. The van der Waals surface area contributed by atoms with Crippen molar-refractivity contribution in [1.82, 2.24) is 24.6 Å². The molecule has 7 nitrogen and oxygen atoms in total. The molecule has 0 bridgehead atoms. The zero-order valence-corrected chi connectivity index (χ0v) is 19.7. The first-order valence-corrected chi connectivity index (χ1v) is 12.5.